The average Bonchev–Trinajstić information content (AvgIpc) is 3.08. The van der Waals surface area contributed by atoms with Crippen LogP contribution in [-0.2, 0) is 0 Å². The van der Waals surface area contributed by atoms with Crippen LogP contribution >= 0.6 is 34.5 Å². The molecule has 0 N–H and O–H groups in total. The van der Waals surface area contributed by atoms with E-state index in [2.05, 4.69) is 6.07 Å². The summed E-state index contributed by atoms with van der Waals surface area (Å²) >= 11 is 14.0. The highest BCUT2D eigenvalue weighted by molar-refractivity contribution is 7.18. The third-order valence-electron chi connectivity index (χ3n) is 4.55. The van der Waals surface area contributed by atoms with Crippen LogP contribution in [-0.4, -0.2) is 28.9 Å². The van der Waals surface area contributed by atoms with Gasteiger partial charge in [-0.3, -0.25) is 4.79 Å². The van der Waals surface area contributed by atoms with Crippen molar-refractivity contribution >= 4 is 50.7 Å². The van der Waals surface area contributed by atoms with Crippen molar-refractivity contribution in [2.24, 2.45) is 0 Å². The van der Waals surface area contributed by atoms with Crippen molar-refractivity contribution in [1.82, 2.24) is 9.88 Å². The minimum atomic E-state index is -0.0571. The number of nitrogens with zero attached hydrogens (tertiary/aromatic N) is 2. The minimum absolute atomic E-state index is 0.0571. The molecule has 6 heteroatoms. The molecule has 0 radical (unpaired) electrons. The molecule has 0 spiro atoms. The van der Waals surface area contributed by atoms with Crippen LogP contribution in [0.15, 0.2) is 42.5 Å². The number of benzene rings is 2. The molecule has 1 atom stereocenters. The number of carbonyl (C=O) groups excluding carboxylic acids is 1. The number of piperidine rings is 1. The summed E-state index contributed by atoms with van der Waals surface area (Å²) in [6.07, 6.45) is 2.01. The van der Waals surface area contributed by atoms with Gasteiger partial charge in [0.1, 0.15) is 0 Å². The molecule has 3 aromatic rings. The number of fused-ring (bicyclic) bond motifs is 1. The van der Waals surface area contributed by atoms with Crippen LogP contribution in [0.2, 0.25) is 10.0 Å². The predicted octanol–water partition coefficient (Wildman–Crippen LogP) is 5.62. The lowest BCUT2D eigenvalue weighted by Gasteiger charge is -2.32. The second kappa shape index (κ2) is 6.94. The van der Waals surface area contributed by atoms with E-state index in [1.165, 1.54) is 4.70 Å². The molecular formula is C19H16Cl2N2OS. The fourth-order valence-corrected chi connectivity index (χ4v) is 4.74. The molecule has 1 fully saturated rings. The van der Waals surface area contributed by atoms with E-state index in [9.17, 15) is 4.79 Å². The standard InChI is InChI=1S/C19H16Cl2N2OS/c20-14-7-3-6-13(17(14)21)19(24)23-10-4-5-12(11-23)18-22-15-8-1-2-9-16(15)25-18/h1-3,6-9,12H,4-5,10-11H2. The summed E-state index contributed by atoms with van der Waals surface area (Å²) in [5.41, 5.74) is 1.50. The molecule has 2 aromatic carbocycles. The van der Waals surface area contributed by atoms with Gasteiger partial charge in [-0.05, 0) is 37.1 Å². The molecule has 4 rings (SSSR count). The summed E-state index contributed by atoms with van der Waals surface area (Å²) in [6.45, 7) is 1.41. The first-order valence-electron chi connectivity index (χ1n) is 8.22. The van der Waals surface area contributed by atoms with Crippen molar-refractivity contribution in [2.45, 2.75) is 18.8 Å². The normalized spacial score (nSPS) is 17.8. The first-order valence-corrected chi connectivity index (χ1v) is 9.79. The zero-order valence-electron chi connectivity index (χ0n) is 13.4. The van der Waals surface area contributed by atoms with Crippen LogP contribution in [0, 0.1) is 0 Å². The first kappa shape index (κ1) is 16.8. The Morgan fingerprint density at radius 2 is 2.00 bits per heavy atom. The molecule has 2 heterocycles. The summed E-state index contributed by atoms with van der Waals surface area (Å²) in [6, 6.07) is 13.3. The molecule has 0 bridgehead atoms. The number of likely N-dealkylation sites (tertiary alicyclic amines) is 1. The van der Waals surface area contributed by atoms with Gasteiger partial charge in [0.05, 0.1) is 30.8 Å². The molecule has 1 aliphatic heterocycles. The summed E-state index contributed by atoms with van der Waals surface area (Å²) in [4.78, 5) is 19.5. The molecule has 128 valence electrons. The predicted molar refractivity (Wildman–Crippen MR) is 104 cm³/mol. The Hall–Kier alpha value is -1.62. The second-order valence-corrected chi connectivity index (χ2v) is 8.06. The monoisotopic (exact) mass is 390 g/mol. The average molecular weight is 391 g/mol. The number of para-hydroxylation sites is 1. The number of halogens is 2. The highest BCUT2D eigenvalue weighted by atomic mass is 35.5. The molecule has 1 aromatic heterocycles. The van der Waals surface area contributed by atoms with Gasteiger partial charge in [-0.25, -0.2) is 4.98 Å². The van der Waals surface area contributed by atoms with E-state index in [0.29, 0.717) is 22.2 Å². The van der Waals surface area contributed by atoms with Crippen molar-refractivity contribution in [2.75, 3.05) is 13.1 Å². The van der Waals surface area contributed by atoms with Gasteiger partial charge in [-0.1, -0.05) is 41.4 Å². The molecule has 1 aliphatic rings. The first-order chi connectivity index (χ1) is 12.1. The maximum atomic E-state index is 12.9. The number of carbonyl (C=O) groups is 1. The molecule has 1 saturated heterocycles. The van der Waals surface area contributed by atoms with E-state index in [0.717, 1.165) is 29.9 Å². The maximum absolute atomic E-state index is 12.9. The van der Waals surface area contributed by atoms with Gasteiger partial charge in [0, 0.05) is 19.0 Å². The topological polar surface area (TPSA) is 33.2 Å². The SMILES string of the molecule is O=C(c1cccc(Cl)c1Cl)N1CCCC(c2nc3ccccc3s2)C1. The molecule has 0 aliphatic carbocycles. The Bertz CT molecular complexity index is 907. The lowest BCUT2D eigenvalue weighted by molar-refractivity contribution is 0.0707. The fraction of sp³-hybridized carbons (Fsp3) is 0.263. The van der Waals surface area contributed by atoms with E-state index < -0.39 is 0 Å². The van der Waals surface area contributed by atoms with Gasteiger partial charge in [-0.15, -0.1) is 11.3 Å². The molecular weight excluding hydrogens is 375 g/mol. The van der Waals surface area contributed by atoms with Crippen LogP contribution in [0.1, 0.15) is 34.1 Å². The molecule has 1 unspecified atom stereocenters. The minimum Gasteiger partial charge on any atom is -0.338 e. The Balaban J connectivity index is 1.58. The highest BCUT2D eigenvalue weighted by Gasteiger charge is 2.28. The molecule has 0 saturated carbocycles. The van der Waals surface area contributed by atoms with Crippen molar-refractivity contribution in [1.29, 1.82) is 0 Å². The molecule has 25 heavy (non-hydrogen) atoms. The lowest BCUT2D eigenvalue weighted by atomic mass is 9.98. The van der Waals surface area contributed by atoms with Crippen molar-refractivity contribution in [3.63, 3.8) is 0 Å². The summed E-state index contributed by atoms with van der Waals surface area (Å²) in [5, 5.41) is 1.85. The van der Waals surface area contributed by atoms with E-state index in [4.69, 9.17) is 28.2 Å². The molecule has 3 nitrogen and oxygen atoms in total. The lowest BCUT2D eigenvalue weighted by Crippen LogP contribution is -2.39. The van der Waals surface area contributed by atoms with Crippen LogP contribution in [0.4, 0.5) is 0 Å². The quantitative estimate of drug-likeness (QED) is 0.568. The van der Waals surface area contributed by atoms with E-state index in [1.807, 2.05) is 23.1 Å². The Kier molecular flexibility index (Phi) is 4.67. The van der Waals surface area contributed by atoms with Crippen molar-refractivity contribution in [3.05, 3.63) is 63.1 Å². The van der Waals surface area contributed by atoms with Gasteiger partial charge >= 0.3 is 0 Å². The number of aromatic nitrogens is 1. The van der Waals surface area contributed by atoms with Gasteiger partial charge in [0.2, 0.25) is 0 Å². The van der Waals surface area contributed by atoms with E-state index in [-0.39, 0.29) is 11.8 Å². The van der Waals surface area contributed by atoms with Crippen LogP contribution in [0.3, 0.4) is 0 Å². The Labute approximate surface area is 160 Å². The highest BCUT2D eigenvalue weighted by Crippen LogP contribution is 2.34. The maximum Gasteiger partial charge on any atom is 0.255 e. The Morgan fingerprint density at radius 1 is 1.16 bits per heavy atom. The third kappa shape index (κ3) is 3.26. The number of amides is 1. The van der Waals surface area contributed by atoms with Gasteiger partial charge in [0.15, 0.2) is 0 Å². The zero-order valence-corrected chi connectivity index (χ0v) is 15.7. The number of hydrogen-bond donors (Lipinski definition) is 0. The second-order valence-electron chi connectivity index (χ2n) is 6.21. The smallest absolute Gasteiger partial charge is 0.255 e. The van der Waals surface area contributed by atoms with Crippen molar-refractivity contribution in [3.8, 4) is 0 Å². The van der Waals surface area contributed by atoms with Gasteiger partial charge < -0.3 is 4.90 Å². The summed E-state index contributed by atoms with van der Waals surface area (Å²) in [7, 11) is 0. The van der Waals surface area contributed by atoms with E-state index >= 15 is 0 Å². The van der Waals surface area contributed by atoms with Crippen LogP contribution < -0.4 is 0 Å². The zero-order chi connectivity index (χ0) is 17.4. The summed E-state index contributed by atoms with van der Waals surface area (Å²) in [5.74, 6) is 0.214. The van der Waals surface area contributed by atoms with Gasteiger partial charge in [0.25, 0.3) is 5.91 Å². The van der Waals surface area contributed by atoms with Crippen LogP contribution in [0.5, 0.6) is 0 Å². The van der Waals surface area contributed by atoms with Crippen molar-refractivity contribution < 1.29 is 4.79 Å². The number of rotatable bonds is 2. The number of hydrogen-bond acceptors (Lipinski definition) is 3. The van der Waals surface area contributed by atoms with Gasteiger partial charge in [-0.2, -0.15) is 0 Å². The number of thiazole rings is 1. The summed E-state index contributed by atoms with van der Waals surface area (Å²) < 4.78 is 1.19. The molecule has 1 amide bonds. The largest absolute Gasteiger partial charge is 0.338 e. The Morgan fingerprint density at radius 3 is 2.84 bits per heavy atom. The fourth-order valence-electron chi connectivity index (χ4n) is 3.27. The third-order valence-corrected chi connectivity index (χ3v) is 6.57. The van der Waals surface area contributed by atoms with Crippen LogP contribution in [0.25, 0.3) is 10.2 Å². The van der Waals surface area contributed by atoms with E-state index in [1.54, 1.807) is 29.5 Å².